The van der Waals surface area contributed by atoms with E-state index >= 15 is 0 Å². The van der Waals surface area contributed by atoms with E-state index in [-0.39, 0.29) is 12.5 Å². The molecule has 5 heteroatoms. The molecule has 2 N–H and O–H groups in total. The second-order valence-electron chi connectivity index (χ2n) is 5.48. The summed E-state index contributed by atoms with van der Waals surface area (Å²) in [4.78, 5) is 14.4. The maximum Gasteiger partial charge on any atom is 0.269 e. The van der Waals surface area contributed by atoms with Gasteiger partial charge in [0.05, 0.1) is 19.3 Å². The Morgan fingerprint density at radius 1 is 1.33 bits per heavy atom. The fourth-order valence-electron chi connectivity index (χ4n) is 2.80. The molecular formula is C19H18N2O3. The summed E-state index contributed by atoms with van der Waals surface area (Å²) in [5.74, 6) is 3.65. The van der Waals surface area contributed by atoms with E-state index in [2.05, 4.69) is 5.92 Å². The first-order chi connectivity index (χ1) is 11.6. The molecule has 3 rings (SSSR count). The van der Waals surface area contributed by atoms with E-state index in [1.54, 1.807) is 25.3 Å². The van der Waals surface area contributed by atoms with Crippen LogP contribution in [-0.4, -0.2) is 25.7 Å². The number of nitrogen functional groups attached to an aromatic ring is 1. The number of ether oxygens (including phenoxy) is 2. The number of carbonyl (C=O) groups is 1. The third kappa shape index (κ3) is 2.86. The Labute approximate surface area is 141 Å². The van der Waals surface area contributed by atoms with Crippen molar-refractivity contribution in [3.63, 3.8) is 0 Å². The Morgan fingerprint density at radius 3 is 2.88 bits per heavy atom. The molecule has 24 heavy (non-hydrogen) atoms. The molecule has 1 aliphatic rings. The number of nitrogens with two attached hydrogens (primary N) is 1. The number of rotatable bonds is 4. The second kappa shape index (κ2) is 6.55. The zero-order chi connectivity index (χ0) is 17.1. The van der Waals surface area contributed by atoms with E-state index in [4.69, 9.17) is 21.6 Å². The van der Waals surface area contributed by atoms with Crippen LogP contribution in [0.25, 0.3) is 0 Å². The zero-order valence-electron chi connectivity index (χ0n) is 13.4. The predicted octanol–water partition coefficient (Wildman–Crippen LogP) is 2.25. The number of anilines is 2. The Kier molecular flexibility index (Phi) is 4.30. The van der Waals surface area contributed by atoms with Gasteiger partial charge in [-0.2, -0.15) is 0 Å². The van der Waals surface area contributed by atoms with Crippen LogP contribution in [0.2, 0.25) is 0 Å². The number of fused-ring (bicyclic) bond motifs is 1. The molecule has 2 aromatic carbocycles. The molecule has 0 saturated heterocycles. The number of hydrogen-bond donors (Lipinski definition) is 1. The monoisotopic (exact) mass is 322 g/mol. The van der Waals surface area contributed by atoms with Crippen molar-refractivity contribution in [1.82, 2.24) is 0 Å². The van der Waals surface area contributed by atoms with Gasteiger partial charge in [0.25, 0.3) is 5.91 Å². The van der Waals surface area contributed by atoms with Crippen LogP contribution in [0.4, 0.5) is 11.4 Å². The lowest BCUT2D eigenvalue weighted by Crippen LogP contribution is -2.47. The smallest absolute Gasteiger partial charge is 0.269 e. The summed E-state index contributed by atoms with van der Waals surface area (Å²) >= 11 is 0. The van der Waals surface area contributed by atoms with Crippen molar-refractivity contribution in [2.75, 3.05) is 24.3 Å². The summed E-state index contributed by atoms with van der Waals surface area (Å²) in [7, 11) is 1.60. The lowest BCUT2D eigenvalue weighted by molar-refractivity contribution is -0.126. The molecule has 0 aliphatic carbocycles. The lowest BCUT2D eigenvalue weighted by Gasteiger charge is -2.33. The Balaban J connectivity index is 1.94. The van der Waals surface area contributed by atoms with Crippen LogP contribution in [-0.2, 0) is 11.2 Å². The van der Waals surface area contributed by atoms with Crippen LogP contribution in [0.1, 0.15) is 5.56 Å². The van der Waals surface area contributed by atoms with Crippen molar-refractivity contribution in [2.45, 2.75) is 12.5 Å². The first-order valence-corrected chi connectivity index (χ1v) is 7.57. The molecule has 5 nitrogen and oxygen atoms in total. The molecule has 1 aliphatic heterocycles. The number of terminal acetylenes is 1. The topological polar surface area (TPSA) is 64.8 Å². The van der Waals surface area contributed by atoms with E-state index in [0.29, 0.717) is 23.5 Å². The minimum atomic E-state index is -0.661. The van der Waals surface area contributed by atoms with Crippen molar-refractivity contribution >= 4 is 17.3 Å². The molecule has 1 atom stereocenters. The number of para-hydroxylation sites is 1. The summed E-state index contributed by atoms with van der Waals surface area (Å²) in [6.45, 7) is 0.168. The fourth-order valence-corrected chi connectivity index (χ4v) is 2.80. The van der Waals surface area contributed by atoms with Crippen LogP contribution in [0.15, 0.2) is 42.5 Å². The number of benzene rings is 2. The standard InChI is InChI=1S/C19H18N2O3/c1-3-10-21-15-12-14(20)8-9-17(15)24-18(19(21)22)11-13-6-4-5-7-16(13)23-2/h1,4-9,12,18H,10-11,20H2,2H3. The number of nitrogens with zero attached hydrogens (tertiary/aromatic N) is 1. The molecule has 0 bridgehead atoms. The number of amides is 1. The highest BCUT2D eigenvalue weighted by Crippen LogP contribution is 2.36. The van der Waals surface area contributed by atoms with Crippen molar-refractivity contribution < 1.29 is 14.3 Å². The van der Waals surface area contributed by atoms with Gasteiger partial charge in [0.15, 0.2) is 6.10 Å². The summed E-state index contributed by atoms with van der Waals surface area (Å²) in [5, 5.41) is 0. The zero-order valence-corrected chi connectivity index (χ0v) is 13.4. The molecule has 1 amide bonds. The van der Waals surface area contributed by atoms with Crippen LogP contribution in [0, 0.1) is 12.3 Å². The largest absolute Gasteiger partial charge is 0.496 e. The van der Waals surface area contributed by atoms with Gasteiger partial charge in [0.2, 0.25) is 0 Å². The Morgan fingerprint density at radius 2 is 2.12 bits per heavy atom. The molecule has 122 valence electrons. The summed E-state index contributed by atoms with van der Waals surface area (Å²) < 4.78 is 11.3. The van der Waals surface area contributed by atoms with Crippen molar-refractivity contribution in [1.29, 1.82) is 0 Å². The summed E-state index contributed by atoms with van der Waals surface area (Å²) in [6.07, 6.45) is 5.16. The fraction of sp³-hybridized carbons (Fsp3) is 0.211. The van der Waals surface area contributed by atoms with Crippen LogP contribution in [0.5, 0.6) is 11.5 Å². The van der Waals surface area contributed by atoms with Gasteiger partial charge >= 0.3 is 0 Å². The second-order valence-corrected chi connectivity index (χ2v) is 5.48. The number of hydrogen-bond acceptors (Lipinski definition) is 4. The van der Waals surface area contributed by atoms with E-state index in [0.717, 1.165) is 11.3 Å². The number of carbonyl (C=O) groups excluding carboxylic acids is 1. The maximum absolute atomic E-state index is 12.8. The van der Waals surface area contributed by atoms with Gasteiger partial charge < -0.3 is 15.2 Å². The first-order valence-electron chi connectivity index (χ1n) is 7.57. The number of methoxy groups -OCH3 is 1. The van der Waals surface area contributed by atoms with Gasteiger partial charge in [-0.25, -0.2) is 0 Å². The van der Waals surface area contributed by atoms with Crippen molar-refractivity contribution in [3.05, 3.63) is 48.0 Å². The van der Waals surface area contributed by atoms with Gasteiger partial charge in [-0.15, -0.1) is 6.42 Å². The summed E-state index contributed by atoms with van der Waals surface area (Å²) in [5.41, 5.74) is 7.88. The molecule has 0 aromatic heterocycles. The van der Waals surface area contributed by atoms with Crippen LogP contribution < -0.4 is 20.1 Å². The Hall–Kier alpha value is -3.13. The van der Waals surface area contributed by atoms with Gasteiger partial charge in [-0.3, -0.25) is 9.69 Å². The minimum Gasteiger partial charge on any atom is -0.496 e. The molecule has 0 saturated carbocycles. The van der Waals surface area contributed by atoms with Gasteiger partial charge in [0, 0.05) is 12.1 Å². The average molecular weight is 322 g/mol. The SMILES string of the molecule is C#CCN1C(=O)C(Cc2ccccc2OC)Oc2ccc(N)cc21. The normalized spacial score (nSPS) is 16.1. The van der Waals surface area contributed by atoms with Crippen LogP contribution >= 0.6 is 0 Å². The van der Waals surface area contributed by atoms with Gasteiger partial charge in [-0.05, 0) is 29.8 Å². The molecule has 1 heterocycles. The quantitative estimate of drug-likeness (QED) is 0.693. The van der Waals surface area contributed by atoms with Gasteiger partial charge in [0.1, 0.15) is 11.5 Å². The van der Waals surface area contributed by atoms with Gasteiger partial charge in [-0.1, -0.05) is 24.1 Å². The van der Waals surface area contributed by atoms with E-state index in [1.807, 2.05) is 24.3 Å². The van der Waals surface area contributed by atoms with Crippen LogP contribution in [0.3, 0.4) is 0 Å². The maximum atomic E-state index is 12.8. The average Bonchev–Trinajstić information content (AvgIpc) is 2.59. The highest BCUT2D eigenvalue weighted by Gasteiger charge is 2.34. The third-order valence-corrected chi connectivity index (χ3v) is 3.93. The van der Waals surface area contributed by atoms with Crippen molar-refractivity contribution in [3.8, 4) is 23.8 Å². The highest BCUT2D eigenvalue weighted by molar-refractivity contribution is 6.01. The molecule has 2 aromatic rings. The van der Waals surface area contributed by atoms with E-state index in [1.165, 1.54) is 4.90 Å². The summed E-state index contributed by atoms with van der Waals surface area (Å²) in [6, 6.07) is 12.8. The predicted molar refractivity (Wildman–Crippen MR) is 93.2 cm³/mol. The molecule has 1 unspecified atom stereocenters. The molecule has 0 radical (unpaired) electrons. The minimum absolute atomic E-state index is 0.168. The van der Waals surface area contributed by atoms with Crippen molar-refractivity contribution in [2.24, 2.45) is 0 Å². The first kappa shape index (κ1) is 15.8. The molecular weight excluding hydrogens is 304 g/mol. The Bertz CT molecular complexity index is 810. The van der Waals surface area contributed by atoms with E-state index in [9.17, 15) is 4.79 Å². The lowest BCUT2D eigenvalue weighted by atomic mass is 10.0. The molecule has 0 spiro atoms. The van der Waals surface area contributed by atoms with E-state index < -0.39 is 6.10 Å². The third-order valence-electron chi connectivity index (χ3n) is 3.93. The molecule has 0 fully saturated rings. The highest BCUT2D eigenvalue weighted by atomic mass is 16.5.